The van der Waals surface area contributed by atoms with E-state index in [2.05, 4.69) is 9.98 Å². The van der Waals surface area contributed by atoms with Crippen molar-refractivity contribution in [3.63, 3.8) is 0 Å². The Balaban J connectivity index is 1.93. The van der Waals surface area contributed by atoms with Crippen molar-refractivity contribution in [2.24, 2.45) is 9.98 Å². The molecule has 0 aliphatic carbocycles. The van der Waals surface area contributed by atoms with Gasteiger partial charge in [0.1, 0.15) is 0 Å². The zero-order chi connectivity index (χ0) is 24.8. The number of non-ortho nitro benzene ring substituents is 2. The van der Waals surface area contributed by atoms with E-state index in [1.165, 1.54) is 12.4 Å². The lowest BCUT2D eigenvalue weighted by Crippen LogP contribution is -1.98. The van der Waals surface area contributed by atoms with Gasteiger partial charge in [-0.3, -0.25) is 30.2 Å². The summed E-state index contributed by atoms with van der Waals surface area (Å²) in [5.41, 5.74) is -0.299. The maximum absolute atomic E-state index is 11.4. The molecular formula is C22H14N4O8. The number of aromatic carboxylic acids is 2. The molecule has 0 saturated heterocycles. The van der Waals surface area contributed by atoms with Crippen molar-refractivity contribution >= 4 is 47.1 Å². The number of rotatable bonds is 8. The van der Waals surface area contributed by atoms with Gasteiger partial charge in [-0.2, -0.15) is 0 Å². The summed E-state index contributed by atoms with van der Waals surface area (Å²) in [5.74, 6) is -2.59. The first kappa shape index (κ1) is 23.4. The molecule has 170 valence electrons. The molecule has 0 unspecified atom stereocenters. The van der Waals surface area contributed by atoms with E-state index < -0.39 is 21.8 Å². The maximum Gasteiger partial charge on any atom is 0.337 e. The van der Waals surface area contributed by atoms with Gasteiger partial charge in [0.15, 0.2) is 0 Å². The van der Waals surface area contributed by atoms with Crippen LogP contribution in [0.15, 0.2) is 70.6 Å². The summed E-state index contributed by atoms with van der Waals surface area (Å²) in [6, 6.07) is 12.9. The SMILES string of the molecule is O=C(O)c1ccc([N+](=O)[O-])cc1N=Cc1cccc(C=Nc2cc([N+](=O)[O-])ccc2C(=O)O)c1. The Bertz CT molecular complexity index is 1280. The molecular weight excluding hydrogens is 448 g/mol. The molecule has 0 heterocycles. The molecule has 3 aromatic rings. The molecule has 34 heavy (non-hydrogen) atoms. The molecule has 12 nitrogen and oxygen atoms in total. The van der Waals surface area contributed by atoms with Crippen LogP contribution in [0, 0.1) is 20.2 Å². The monoisotopic (exact) mass is 462 g/mol. The molecule has 2 N–H and O–H groups in total. The first-order chi connectivity index (χ1) is 16.2. The van der Waals surface area contributed by atoms with E-state index in [1.54, 1.807) is 24.3 Å². The lowest BCUT2D eigenvalue weighted by atomic mass is 10.1. The number of hydrogen-bond acceptors (Lipinski definition) is 8. The first-order valence-electron chi connectivity index (χ1n) is 9.37. The number of aliphatic imine (C=N–C) groups is 2. The van der Waals surface area contributed by atoms with E-state index in [-0.39, 0.29) is 33.9 Å². The summed E-state index contributed by atoms with van der Waals surface area (Å²) in [4.78, 5) is 51.5. The van der Waals surface area contributed by atoms with Crippen molar-refractivity contribution in [2.75, 3.05) is 0 Å². The summed E-state index contributed by atoms with van der Waals surface area (Å²) < 4.78 is 0. The quantitative estimate of drug-likeness (QED) is 0.280. The van der Waals surface area contributed by atoms with Crippen LogP contribution in [0.2, 0.25) is 0 Å². The maximum atomic E-state index is 11.4. The number of nitrogens with zero attached hydrogens (tertiary/aromatic N) is 4. The lowest BCUT2D eigenvalue weighted by molar-refractivity contribution is -0.385. The van der Waals surface area contributed by atoms with E-state index in [0.29, 0.717) is 11.1 Å². The van der Waals surface area contributed by atoms with Crippen molar-refractivity contribution in [2.45, 2.75) is 0 Å². The predicted molar refractivity (Wildman–Crippen MR) is 121 cm³/mol. The Labute approximate surface area is 190 Å². The van der Waals surface area contributed by atoms with Gasteiger partial charge in [-0.15, -0.1) is 0 Å². The van der Waals surface area contributed by atoms with E-state index in [1.807, 2.05) is 0 Å². The van der Waals surface area contributed by atoms with Gasteiger partial charge in [-0.25, -0.2) is 9.59 Å². The van der Waals surface area contributed by atoms with Crippen molar-refractivity contribution in [3.8, 4) is 0 Å². The first-order valence-corrected chi connectivity index (χ1v) is 9.37. The molecule has 0 atom stereocenters. The average Bonchev–Trinajstić information content (AvgIpc) is 2.81. The van der Waals surface area contributed by atoms with Gasteiger partial charge in [-0.1, -0.05) is 18.2 Å². The number of nitro groups is 2. The largest absolute Gasteiger partial charge is 0.478 e. The van der Waals surface area contributed by atoms with Crippen LogP contribution < -0.4 is 0 Å². The molecule has 0 aliphatic rings. The fourth-order valence-corrected chi connectivity index (χ4v) is 2.85. The normalized spacial score (nSPS) is 11.1. The van der Waals surface area contributed by atoms with Crippen LogP contribution in [0.1, 0.15) is 31.8 Å². The lowest BCUT2D eigenvalue weighted by Gasteiger charge is -2.02. The fourth-order valence-electron chi connectivity index (χ4n) is 2.85. The summed E-state index contributed by atoms with van der Waals surface area (Å²) in [6.07, 6.45) is 2.61. The second-order valence-corrected chi connectivity index (χ2v) is 6.71. The highest BCUT2D eigenvalue weighted by Gasteiger charge is 2.16. The zero-order valence-corrected chi connectivity index (χ0v) is 17.1. The van der Waals surface area contributed by atoms with Crippen molar-refractivity contribution in [3.05, 3.63) is 103 Å². The summed E-state index contributed by atoms with van der Waals surface area (Å²) in [6.45, 7) is 0. The van der Waals surface area contributed by atoms with Crippen LogP contribution in [-0.4, -0.2) is 44.4 Å². The van der Waals surface area contributed by atoms with Crippen LogP contribution in [0.25, 0.3) is 0 Å². The molecule has 0 radical (unpaired) electrons. The number of carbonyl (C=O) groups is 2. The third-order valence-corrected chi connectivity index (χ3v) is 4.46. The second-order valence-electron chi connectivity index (χ2n) is 6.71. The van der Waals surface area contributed by atoms with Crippen LogP contribution in [0.4, 0.5) is 22.7 Å². The molecule has 0 aliphatic heterocycles. The predicted octanol–water partition coefficient (Wildman–Crippen LogP) is 4.40. The Hall–Kier alpha value is -5.26. The fraction of sp³-hybridized carbons (Fsp3) is 0. The molecule has 12 heteroatoms. The highest BCUT2D eigenvalue weighted by atomic mass is 16.6. The number of nitro benzene ring substituents is 2. The van der Waals surface area contributed by atoms with E-state index >= 15 is 0 Å². The molecule has 0 fully saturated rings. The number of carboxylic acids is 2. The van der Waals surface area contributed by atoms with Gasteiger partial charge >= 0.3 is 11.9 Å². The van der Waals surface area contributed by atoms with Crippen LogP contribution in [0.5, 0.6) is 0 Å². The number of hydrogen-bond donors (Lipinski definition) is 2. The smallest absolute Gasteiger partial charge is 0.337 e. The van der Waals surface area contributed by atoms with Crippen molar-refractivity contribution in [1.82, 2.24) is 0 Å². The van der Waals surface area contributed by atoms with E-state index in [9.17, 15) is 40.0 Å². The van der Waals surface area contributed by atoms with Crippen molar-refractivity contribution < 1.29 is 29.6 Å². The number of carboxylic acid groups (broad SMARTS) is 2. The number of benzene rings is 3. The topological polar surface area (TPSA) is 186 Å². The Kier molecular flexibility index (Phi) is 6.82. The van der Waals surface area contributed by atoms with Gasteiger partial charge in [-0.05, 0) is 29.3 Å². The van der Waals surface area contributed by atoms with Crippen LogP contribution in [0.3, 0.4) is 0 Å². The van der Waals surface area contributed by atoms with Gasteiger partial charge in [0.25, 0.3) is 11.4 Å². The van der Waals surface area contributed by atoms with Gasteiger partial charge < -0.3 is 10.2 Å². The third-order valence-electron chi connectivity index (χ3n) is 4.46. The molecule has 0 amide bonds. The Morgan fingerprint density at radius 1 is 0.706 bits per heavy atom. The van der Waals surface area contributed by atoms with Gasteiger partial charge in [0, 0.05) is 36.7 Å². The third kappa shape index (κ3) is 5.50. The van der Waals surface area contributed by atoms with Crippen molar-refractivity contribution in [1.29, 1.82) is 0 Å². The molecule has 0 bridgehead atoms. The molecule has 3 rings (SSSR count). The Morgan fingerprint density at radius 3 is 1.47 bits per heavy atom. The minimum absolute atomic E-state index is 0.108. The van der Waals surface area contributed by atoms with Gasteiger partial charge in [0.2, 0.25) is 0 Å². The molecule has 0 aromatic heterocycles. The zero-order valence-electron chi connectivity index (χ0n) is 17.1. The second kappa shape index (κ2) is 9.91. The van der Waals surface area contributed by atoms with E-state index in [0.717, 1.165) is 36.4 Å². The average molecular weight is 462 g/mol. The highest BCUT2D eigenvalue weighted by molar-refractivity contribution is 5.97. The minimum atomic E-state index is -1.30. The highest BCUT2D eigenvalue weighted by Crippen LogP contribution is 2.26. The molecule has 0 spiro atoms. The van der Waals surface area contributed by atoms with Crippen LogP contribution >= 0.6 is 0 Å². The summed E-state index contributed by atoms with van der Waals surface area (Å²) in [7, 11) is 0. The summed E-state index contributed by atoms with van der Waals surface area (Å²) >= 11 is 0. The molecule has 0 saturated carbocycles. The standard InChI is InChI=1S/C22H14N4O8/c27-21(28)17-6-4-15(25(31)32)9-19(17)23-11-13-2-1-3-14(8-13)12-24-20-10-16(26(33)34)5-7-18(20)22(29)30/h1-12H,(H,27,28)(H,29,30). The van der Waals surface area contributed by atoms with E-state index in [4.69, 9.17) is 0 Å². The Morgan fingerprint density at radius 2 is 1.12 bits per heavy atom. The molecule has 3 aromatic carbocycles. The minimum Gasteiger partial charge on any atom is -0.478 e. The summed E-state index contributed by atoms with van der Waals surface area (Å²) in [5, 5.41) is 40.5. The van der Waals surface area contributed by atoms with Gasteiger partial charge in [0.05, 0.1) is 32.3 Å². The van der Waals surface area contributed by atoms with Crippen LogP contribution in [-0.2, 0) is 0 Å².